The van der Waals surface area contributed by atoms with Crippen LogP contribution in [0.4, 0.5) is 0 Å². The van der Waals surface area contributed by atoms with E-state index in [0.717, 1.165) is 21.4 Å². The van der Waals surface area contributed by atoms with E-state index < -0.39 is 18.0 Å². The summed E-state index contributed by atoms with van der Waals surface area (Å²) >= 11 is 5.94. The number of hydrogen-bond donors (Lipinski definition) is 2. The molecule has 2 N–H and O–H groups in total. The normalized spacial score (nSPS) is 13.0. The zero-order valence-corrected chi connectivity index (χ0v) is 19.1. The smallest absolute Gasteiger partial charge is 0.309 e. The van der Waals surface area contributed by atoms with Crippen LogP contribution in [0.3, 0.4) is 0 Å². The fraction of sp³-hybridized carbons (Fsp3) is 0.231. The molecule has 2 atom stereocenters. The fourth-order valence-electron chi connectivity index (χ4n) is 3.93. The van der Waals surface area contributed by atoms with Crippen LogP contribution >= 0.6 is 11.6 Å². The topological polar surface area (TPSA) is 105 Å². The van der Waals surface area contributed by atoms with Crippen molar-refractivity contribution in [1.29, 1.82) is 0 Å². The zero-order valence-electron chi connectivity index (χ0n) is 18.3. The number of carboxylic acid groups (broad SMARTS) is 1. The molecule has 0 aliphatic heterocycles. The van der Waals surface area contributed by atoms with E-state index >= 15 is 0 Å². The summed E-state index contributed by atoms with van der Waals surface area (Å²) in [4.78, 5) is 24.4. The molecule has 0 saturated carbocycles. The molecule has 34 heavy (non-hydrogen) atoms. The number of aliphatic hydroxyl groups excluding tert-OH is 1. The molecule has 0 saturated heterocycles. The minimum Gasteiger partial charge on any atom is -0.481 e. The monoisotopic (exact) mass is 477 g/mol. The van der Waals surface area contributed by atoms with Crippen molar-refractivity contribution in [2.24, 2.45) is 5.92 Å². The van der Waals surface area contributed by atoms with Crippen molar-refractivity contribution in [3.05, 3.63) is 93.7 Å². The van der Waals surface area contributed by atoms with Crippen LogP contribution in [0.1, 0.15) is 18.4 Å². The van der Waals surface area contributed by atoms with Crippen LogP contribution < -0.4 is 5.56 Å². The van der Waals surface area contributed by atoms with Crippen LogP contribution in [0.15, 0.2) is 77.6 Å². The number of fused-ring (bicyclic) bond motifs is 1. The number of aliphatic hydroxyl groups is 1. The number of hydrogen-bond acceptors (Lipinski definition) is 5. The summed E-state index contributed by atoms with van der Waals surface area (Å²) in [6.07, 6.45) is -0.173. The summed E-state index contributed by atoms with van der Waals surface area (Å²) in [6, 6.07) is 22.3. The molecule has 1 heterocycles. The van der Waals surface area contributed by atoms with Crippen molar-refractivity contribution < 1.29 is 15.0 Å². The van der Waals surface area contributed by atoms with E-state index in [4.69, 9.17) is 11.6 Å². The summed E-state index contributed by atoms with van der Waals surface area (Å²) < 4.78 is 1.15. The number of aryl methyl sites for hydroxylation is 2. The van der Waals surface area contributed by atoms with Crippen LogP contribution in [0.5, 0.6) is 0 Å². The molecule has 0 aliphatic rings. The highest BCUT2D eigenvalue weighted by Gasteiger charge is 2.26. The van der Waals surface area contributed by atoms with E-state index in [-0.39, 0.29) is 24.9 Å². The predicted octanol–water partition coefficient (Wildman–Crippen LogP) is 4.20. The molecule has 0 aliphatic carbocycles. The van der Waals surface area contributed by atoms with Gasteiger partial charge in [-0.05, 0) is 60.2 Å². The lowest BCUT2D eigenvalue weighted by Gasteiger charge is -2.19. The zero-order chi connectivity index (χ0) is 24.1. The van der Waals surface area contributed by atoms with Crippen molar-refractivity contribution in [3.8, 4) is 11.1 Å². The van der Waals surface area contributed by atoms with Gasteiger partial charge in [-0.15, -0.1) is 5.10 Å². The summed E-state index contributed by atoms with van der Waals surface area (Å²) in [5.74, 6) is -2.12. The first-order valence-electron chi connectivity index (χ1n) is 11.0. The molecule has 0 radical (unpaired) electrons. The van der Waals surface area contributed by atoms with Gasteiger partial charge in [-0.25, -0.2) is 4.68 Å². The summed E-state index contributed by atoms with van der Waals surface area (Å²) in [6.45, 7) is 0.0560. The molecule has 0 fully saturated rings. The Kier molecular flexibility index (Phi) is 7.35. The molecular formula is C26H24ClN3O4. The SMILES string of the molecule is O=C(O)[C@@H](CCn1nnc2ccccc2c1=O)[C@H](O)CCc1ccc(-c2ccc(Cl)cc2)cc1. The standard InChI is InChI=1S/C26H24ClN3O4/c27-20-12-10-19(11-13-20)18-8-5-17(6-9-18)7-14-24(31)22(26(33)34)15-16-30-25(32)21-3-1-2-4-23(21)28-29-30/h1-6,8-13,22,24,31H,7,14-16H2,(H,33,34)/t22-,24+/m0/s1. The maximum atomic E-state index is 12.6. The Morgan fingerprint density at radius 2 is 1.59 bits per heavy atom. The summed E-state index contributed by atoms with van der Waals surface area (Å²) in [5.41, 5.74) is 3.25. The minimum absolute atomic E-state index is 0.0560. The third-order valence-corrected chi connectivity index (χ3v) is 6.18. The van der Waals surface area contributed by atoms with Gasteiger partial charge in [0.25, 0.3) is 5.56 Å². The van der Waals surface area contributed by atoms with E-state index in [9.17, 15) is 19.8 Å². The Morgan fingerprint density at radius 3 is 2.26 bits per heavy atom. The van der Waals surface area contributed by atoms with Gasteiger partial charge in [-0.3, -0.25) is 9.59 Å². The second-order valence-corrected chi connectivity index (χ2v) is 8.61. The van der Waals surface area contributed by atoms with Gasteiger partial charge in [-0.1, -0.05) is 65.3 Å². The van der Waals surface area contributed by atoms with Crippen LogP contribution in [0.25, 0.3) is 22.0 Å². The van der Waals surface area contributed by atoms with Crippen LogP contribution in [-0.2, 0) is 17.8 Å². The highest BCUT2D eigenvalue weighted by Crippen LogP contribution is 2.23. The van der Waals surface area contributed by atoms with E-state index in [1.165, 1.54) is 0 Å². The predicted molar refractivity (Wildman–Crippen MR) is 131 cm³/mol. The van der Waals surface area contributed by atoms with Crippen LogP contribution in [0.2, 0.25) is 5.02 Å². The average molecular weight is 478 g/mol. The largest absolute Gasteiger partial charge is 0.481 e. The molecule has 3 aromatic carbocycles. The second-order valence-electron chi connectivity index (χ2n) is 8.18. The third kappa shape index (κ3) is 5.50. The Labute approximate surface area is 201 Å². The first-order valence-corrected chi connectivity index (χ1v) is 11.4. The molecule has 0 amide bonds. The van der Waals surface area contributed by atoms with Gasteiger partial charge < -0.3 is 10.2 Å². The van der Waals surface area contributed by atoms with E-state index in [0.29, 0.717) is 22.3 Å². The van der Waals surface area contributed by atoms with Gasteiger partial charge in [0.15, 0.2) is 0 Å². The van der Waals surface area contributed by atoms with Crippen molar-refractivity contribution in [3.63, 3.8) is 0 Å². The Balaban J connectivity index is 1.37. The molecule has 1 aromatic heterocycles. The number of nitrogens with zero attached hydrogens (tertiary/aromatic N) is 3. The second kappa shape index (κ2) is 10.6. The van der Waals surface area contributed by atoms with Crippen molar-refractivity contribution in [2.75, 3.05) is 0 Å². The average Bonchev–Trinajstić information content (AvgIpc) is 2.85. The quantitative estimate of drug-likeness (QED) is 0.374. The lowest BCUT2D eigenvalue weighted by molar-refractivity contribution is -0.146. The lowest BCUT2D eigenvalue weighted by atomic mass is 9.93. The van der Waals surface area contributed by atoms with E-state index in [1.807, 2.05) is 48.5 Å². The Bertz CT molecular complexity index is 1340. The van der Waals surface area contributed by atoms with Gasteiger partial charge >= 0.3 is 5.97 Å². The third-order valence-electron chi connectivity index (χ3n) is 5.92. The number of rotatable bonds is 9. The maximum Gasteiger partial charge on any atom is 0.309 e. The molecule has 8 heteroatoms. The molecule has 4 aromatic rings. The number of aliphatic carboxylic acids is 1. The van der Waals surface area contributed by atoms with Gasteiger partial charge in [0, 0.05) is 11.6 Å². The molecule has 7 nitrogen and oxygen atoms in total. The highest BCUT2D eigenvalue weighted by molar-refractivity contribution is 6.30. The molecular weight excluding hydrogens is 454 g/mol. The highest BCUT2D eigenvalue weighted by atomic mass is 35.5. The van der Waals surface area contributed by atoms with Crippen LogP contribution in [0, 0.1) is 5.92 Å². The Morgan fingerprint density at radius 1 is 0.941 bits per heavy atom. The molecule has 0 bridgehead atoms. The summed E-state index contributed by atoms with van der Waals surface area (Å²) in [5, 5.41) is 29.3. The van der Waals surface area contributed by atoms with E-state index in [2.05, 4.69) is 10.3 Å². The van der Waals surface area contributed by atoms with Crippen molar-refractivity contribution >= 4 is 28.5 Å². The molecule has 4 rings (SSSR count). The molecule has 0 spiro atoms. The number of benzene rings is 3. The molecule has 174 valence electrons. The summed E-state index contributed by atoms with van der Waals surface area (Å²) in [7, 11) is 0. The number of halogens is 1. The van der Waals surface area contributed by atoms with E-state index in [1.54, 1.807) is 24.3 Å². The first-order chi connectivity index (χ1) is 16.4. The molecule has 0 unspecified atom stereocenters. The number of carbonyl (C=O) groups is 1. The van der Waals surface area contributed by atoms with Gasteiger partial charge in [0.05, 0.1) is 17.4 Å². The maximum absolute atomic E-state index is 12.6. The first kappa shape index (κ1) is 23.6. The van der Waals surface area contributed by atoms with Crippen LogP contribution in [-0.4, -0.2) is 37.3 Å². The lowest BCUT2D eigenvalue weighted by Crippen LogP contribution is -2.32. The van der Waals surface area contributed by atoms with Gasteiger partial charge in [0.1, 0.15) is 5.52 Å². The number of carboxylic acids is 1. The minimum atomic E-state index is -1.10. The van der Waals surface area contributed by atoms with Crippen molar-refractivity contribution in [2.45, 2.75) is 31.9 Å². The van der Waals surface area contributed by atoms with Gasteiger partial charge in [0.2, 0.25) is 0 Å². The fourth-order valence-corrected chi connectivity index (χ4v) is 4.06. The Hall–Kier alpha value is -3.55. The van der Waals surface area contributed by atoms with Crippen molar-refractivity contribution in [1.82, 2.24) is 15.0 Å². The number of aromatic nitrogens is 3. The van der Waals surface area contributed by atoms with Gasteiger partial charge in [-0.2, -0.15) is 0 Å².